The first kappa shape index (κ1) is 14.7. The largest absolute Gasteiger partial charge is 0.508 e. The van der Waals surface area contributed by atoms with Crippen LogP contribution in [0.4, 0.5) is 0 Å². The maximum Gasteiger partial charge on any atom is 0.116 e. The molecule has 3 rings (SSSR count). The standard InChI is InChI=1S/C20H23NO/c1-3-13-21-15(2)18(11-9-16-7-5-4-6-8-16)19-14-17(22)10-12-20(19)21/h4-8,10,12,14,22H,3,9,11,13H2,1-2H3. The number of phenolic OH excluding ortho intramolecular Hbond substituents is 1. The molecule has 0 spiro atoms. The highest BCUT2D eigenvalue weighted by molar-refractivity contribution is 5.87. The number of aromatic hydroxyl groups is 1. The fourth-order valence-electron chi connectivity index (χ4n) is 3.28. The van der Waals surface area contributed by atoms with Gasteiger partial charge in [-0.1, -0.05) is 37.3 Å². The van der Waals surface area contributed by atoms with Crippen molar-refractivity contribution in [2.45, 2.75) is 39.7 Å². The van der Waals surface area contributed by atoms with Gasteiger partial charge in [0.1, 0.15) is 5.75 Å². The maximum atomic E-state index is 9.86. The summed E-state index contributed by atoms with van der Waals surface area (Å²) >= 11 is 0. The Kier molecular flexibility index (Phi) is 4.19. The first-order valence-electron chi connectivity index (χ1n) is 8.05. The quantitative estimate of drug-likeness (QED) is 0.714. The van der Waals surface area contributed by atoms with Crippen molar-refractivity contribution in [2.24, 2.45) is 0 Å². The summed E-state index contributed by atoms with van der Waals surface area (Å²) in [5.74, 6) is 0.349. The molecule has 0 amide bonds. The third-order valence-corrected chi connectivity index (χ3v) is 4.39. The predicted octanol–water partition coefficient (Wildman–Crippen LogP) is 4.85. The number of fused-ring (bicyclic) bond motifs is 1. The topological polar surface area (TPSA) is 25.2 Å². The number of hydrogen-bond acceptors (Lipinski definition) is 1. The van der Waals surface area contributed by atoms with Crippen LogP contribution in [0.25, 0.3) is 10.9 Å². The van der Waals surface area contributed by atoms with E-state index in [-0.39, 0.29) is 0 Å². The number of aryl methyl sites for hydroxylation is 3. The molecule has 114 valence electrons. The summed E-state index contributed by atoms with van der Waals surface area (Å²) in [6, 6.07) is 16.3. The molecule has 0 aliphatic heterocycles. The van der Waals surface area contributed by atoms with E-state index in [1.165, 1.54) is 27.7 Å². The van der Waals surface area contributed by atoms with Gasteiger partial charge in [0.15, 0.2) is 0 Å². The molecular formula is C20H23NO. The van der Waals surface area contributed by atoms with Crippen LogP contribution in [0.15, 0.2) is 48.5 Å². The fraction of sp³-hybridized carbons (Fsp3) is 0.300. The molecular weight excluding hydrogens is 270 g/mol. The minimum Gasteiger partial charge on any atom is -0.508 e. The van der Waals surface area contributed by atoms with Crippen molar-refractivity contribution >= 4 is 10.9 Å². The van der Waals surface area contributed by atoms with E-state index in [4.69, 9.17) is 0 Å². The van der Waals surface area contributed by atoms with Gasteiger partial charge in [0.05, 0.1) is 0 Å². The van der Waals surface area contributed by atoms with Crippen molar-refractivity contribution in [1.82, 2.24) is 4.57 Å². The third-order valence-electron chi connectivity index (χ3n) is 4.39. The second kappa shape index (κ2) is 6.27. The summed E-state index contributed by atoms with van der Waals surface area (Å²) in [6.07, 6.45) is 3.15. The number of phenols is 1. The van der Waals surface area contributed by atoms with Gasteiger partial charge in [0, 0.05) is 23.1 Å². The Morgan fingerprint density at radius 3 is 2.50 bits per heavy atom. The van der Waals surface area contributed by atoms with E-state index in [1.807, 2.05) is 12.1 Å². The molecule has 0 fully saturated rings. The van der Waals surface area contributed by atoms with E-state index < -0.39 is 0 Å². The van der Waals surface area contributed by atoms with Crippen molar-refractivity contribution in [3.63, 3.8) is 0 Å². The highest BCUT2D eigenvalue weighted by atomic mass is 16.3. The van der Waals surface area contributed by atoms with Crippen molar-refractivity contribution in [3.8, 4) is 5.75 Å². The lowest BCUT2D eigenvalue weighted by atomic mass is 10.0. The van der Waals surface area contributed by atoms with Crippen molar-refractivity contribution in [2.75, 3.05) is 0 Å². The second-order valence-corrected chi connectivity index (χ2v) is 5.90. The van der Waals surface area contributed by atoms with E-state index in [1.54, 1.807) is 6.07 Å². The van der Waals surface area contributed by atoms with Crippen LogP contribution in [0.3, 0.4) is 0 Å². The van der Waals surface area contributed by atoms with E-state index in [0.29, 0.717) is 5.75 Å². The van der Waals surface area contributed by atoms with Crippen LogP contribution in [0, 0.1) is 6.92 Å². The molecule has 1 aromatic heterocycles. The molecule has 0 atom stereocenters. The first-order valence-corrected chi connectivity index (χ1v) is 8.05. The van der Waals surface area contributed by atoms with Crippen LogP contribution in [-0.2, 0) is 19.4 Å². The Morgan fingerprint density at radius 2 is 1.77 bits per heavy atom. The zero-order valence-electron chi connectivity index (χ0n) is 13.3. The Balaban J connectivity index is 2.00. The summed E-state index contributed by atoms with van der Waals surface area (Å²) in [4.78, 5) is 0. The molecule has 0 unspecified atom stereocenters. The Labute approximate surface area is 132 Å². The molecule has 2 aromatic carbocycles. The maximum absolute atomic E-state index is 9.86. The monoisotopic (exact) mass is 293 g/mol. The van der Waals surface area contributed by atoms with E-state index in [2.05, 4.69) is 48.7 Å². The summed E-state index contributed by atoms with van der Waals surface area (Å²) in [5.41, 5.74) is 5.29. The van der Waals surface area contributed by atoms with Gasteiger partial charge in [0.25, 0.3) is 0 Å². The molecule has 3 aromatic rings. The molecule has 0 aliphatic carbocycles. The Morgan fingerprint density at radius 1 is 1.00 bits per heavy atom. The fourth-order valence-corrected chi connectivity index (χ4v) is 3.28. The molecule has 0 radical (unpaired) electrons. The number of rotatable bonds is 5. The van der Waals surface area contributed by atoms with Gasteiger partial charge in [-0.15, -0.1) is 0 Å². The van der Waals surface area contributed by atoms with Gasteiger partial charge in [-0.2, -0.15) is 0 Å². The minimum atomic E-state index is 0.349. The van der Waals surface area contributed by atoms with Crippen LogP contribution >= 0.6 is 0 Å². The van der Waals surface area contributed by atoms with Crippen molar-refractivity contribution in [1.29, 1.82) is 0 Å². The Bertz CT molecular complexity index is 771. The predicted molar refractivity (Wildman–Crippen MR) is 92.5 cm³/mol. The minimum absolute atomic E-state index is 0.349. The zero-order valence-corrected chi connectivity index (χ0v) is 13.3. The molecule has 2 nitrogen and oxygen atoms in total. The van der Waals surface area contributed by atoms with Gasteiger partial charge in [0.2, 0.25) is 0 Å². The molecule has 0 saturated heterocycles. The highest BCUT2D eigenvalue weighted by Crippen LogP contribution is 2.30. The average molecular weight is 293 g/mol. The average Bonchev–Trinajstić information content (AvgIpc) is 2.78. The van der Waals surface area contributed by atoms with Crippen LogP contribution < -0.4 is 0 Å². The third kappa shape index (κ3) is 2.74. The lowest BCUT2D eigenvalue weighted by molar-refractivity contribution is 0.476. The summed E-state index contributed by atoms with van der Waals surface area (Å²) in [7, 11) is 0. The lowest BCUT2D eigenvalue weighted by Gasteiger charge is -2.07. The molecule has 0 saturated carbocycles. The van der Waals surface area contributed by atoms with Crippen LogP contribution in [0.1, 0.15) is 30.2 Å². The molecule has 2 heteroatoms. The van der Waals surface area contributed by atoms with E-state index in [0.717, 1.165) is 25.8 Å². The zero-order chi connectivity index (χ0) is 15.5. The number of hydrogen-bond donors (Lipinski definition) is 1. The summed E-state index contributed by atoms with van der Waals surface area (Å²) < 4.78 is 2.38. The lowest BCUT2D eigenvalue weighted by Crippen LogP contribution is -2.00. The van der Waals surface area contributed by atoms with Gasteiger partial charge in [-0.3, -0.25) is 0 Å². The van der Waals surface area contributed by atoms with Gasteiger partial charge < -0.3 is 9.67 Å². The SMILES string of the molecule is CCCn1c(C)c(CCc2ccccc2)c2cc(O)ccc21. The van der Waals surface area contributed by atoms with Crippen LogP contribution in [0.2, 0.25) is 0 Å². The molecule has 1 N–H and O–H groups in total. The van der Waals surface area contributed by atoms with Gasteiger partial charge in [-0.25, -0.2) is 0 Å². The number of benzene rings is 2. The molecule has 22 heavy (non-hydrogen) atoms. The number of aromatic nitrogens is 1. The molecule has 0 aliphatic rings. The first-order chi connectivity index (χ1) is 10.7. The highest BCUT2D eigenvalue weighted by Gasteiger charge is 2.14. The van der Waals surface area contributed by atoms with Crippen molar-refractivity contribution < 1.29 is 5.11 Å². The molecule has 1 heterocycles. The normalized spacial score (nSPS) is 11.2. The smallest absolute Gasteiger partial charge is 0.116 e. The summed E-state index contributed by atoms with van der Waals surface area (Å²) in [5, 5.41) is 11.1. The van der Waals surface area contributed by atoms with Gasteiger partial charge >= 0.3 is 0 Å². The number of nitrogens with zero attached hydrogens (tertiary/aromatic N) is 1. The van der Waals surface area contributed by atoms with Crippen molar-refractivity contribution in [3.05, 3.63) is 65.4 Å². The van der Waals surface area contributed by atoms with Crippen LogP contribution in [0.5, 0.6) is 5.75 Å². The Hall–Kier alpha value is -2.22. The summed E-state index contributed by atoms with van der Waals surface area (Å²) in [6.45, 7) is 5.43. The van der Waals surface area contributed by atoms with Crippen LogP contribution in [-0.4, -0.2) is 9.67 Å². The van der Waals surface area contributed by atoms with Gasteiger partial charge in [-0.05, 0) is 55.5 Å². The molecule has 0 bridgehead atoms. The second-order valence-electron chi connectivity index (χ2n) is 5.90. The van der Waals surface area contributed by atoms with E-state index in [9.17, 15) is 5.11 Å². The van der Waals surface area contributed by atoms with E-state index >= 15 is 0 Å².